The molecule has 0 aliphatic rings. The van der Waals surface area contributed by atoms with Gasteiger partial charge in [0.25, 0.3) is 0 Å². The molecular formula is C24H24N2O4S. The number of primary sulfonamides is 1. The smallest absolute Gasteiger partial charge is 0.244 e. The van der Waals surface area contributed by atoms with E-state index in [4.69, 9.17) is 9.88 Å². The summed E-state index contributed by atoms with van der Waals surface area (Å²) >= 11 is 0. The predicted molar refractivity (Wildman–Crippen MR) is 121 cm³/mol. The van der Waals surface area contributed by atoms with Gasteiger partial charge in [0.2, 0.25) is 15.9 Å². The zero-order chi connectivity index (χ0) is 22.3. The van der Waals surface area contributed by atoms with E-state index in [1.807, 2.05) is 61.5 Å². The Hall–Kier alpha value is -3.42. The normalized spacial score (nSPS) is 12.5. The fourth-order valence-corrected chi connectivity index (χ4v) is 3.39. The summed E-state index contributed by atoms with van der Waals surface area (Å²) in [5, 5.41) is 7.94. The van der Waals surface area contributed by atoms with Crippen LogP contribution in [0.1, 0.15) is 29.7 Å². The first kappa shape index (κ1) is 22.3. The lowest BCUT2D eigenvalue weighted by atomic mass is 10.1. The molecule has 3 aromatic carbocycles. The van der Waals surface area contributed by atoms with Crippen molar-refractivity contribution >= 4 is 22.0 Å². The topological polar surface area (TPSA) is 98.5 Å². The van der Waals surface area contributed by atoms with Crippen LogP contribution >= 0.6 is 0 Å². The molecule has 0 aliphatic heterocycles. The zero-order valence-corrected chi connectivity index (χ0v) is 17.9. The van der Waals surface area contributed by atoms with Gasteiger partial charge in [0, 0.05) is 6.08 Å². The number of benzene rings is 3. The molecule has 0 fully saturated rings. The van der Waals surface area contributed by atoms with Gasteiger partial charge in [0.1, 0.15) is 12.4 Å². The Kier molecular flexibility index (Phi) is 7.23. The highest BCUT2D eigenvalue weighted by atomic mass is 32.2. The van der Waals surface area contributed by atoms with Crippen LogP contribution in [0, 0.1) is 0 Å². The summed E-state index contributed by atoms with van der Waals surface area (Å²) in [4.78, 5) is 12.2. The van der Waals surface area contributed by atoms with Gasteiger partial charge in [0.05, 0.1) is 10.9 Å². The van der Waals surface area contributed by atoms with Crippen molar-refractivity contribution in [2.45, 2.75) is 24.5 Å². The van der Waals surface area contributed by atoms with E-state index in [9.17, 15) is 13.2 Å². The van der Waals surface area contributed by atoms with E-state index in [-0.39, 0.29) is 16.8 Å². The lowest BCUT2D eigenvalue weighted by Gasteiger charge is -2.13. The number of carbonyl (C=O) groups excluding carboxylic acids is 1. The highest BCUT2D eigenvalue weighted by Gasteiger charge is 2.11. The zero-order valence-electron chi connectivity index (χ0n) is 17.1. The third-order valence-electron chi connectivity index (χ3n) is 4.62. The molecule has 6 nitrogen and oxygen atoms in total. The minimum Gasteiger partial charge on any atom is -0.489 e. The summed E-state index contributed by atoms with van der Waals surface area (Å²) in [6.07, 6.45) is 3.17. The Balaban J connectivity index is 1.52. The minimum absolute atomic E-state index is 0.0332. The Morgan fingerprint density at radius 1 is 1.00 bits per heavy atom. The van der Waals surface area contributed by atoms with Crippen molar-refractivity contribution in [2.75, 3.05) is 0 Å². The molecule has 160 valence electrons. The van der Waals surface area contributed by atoms with Crippen molar-refractivity contribution in [3.8, 4) is 5.75 Å². The molecule has 31 heavy (non-hydrogen) atoms. The van der Waals surface area contributed by atoms with Crippen LogP contribution in [-0.4, -0.2) is 14.3 Å². The maximum atomic E-state index is 12.2. The standard InChI is InChI=1S/C24H24N2O4S/c1-18(21-10-14-23(15-11-21)31(25,28)29)26-24(27)16-9-19-7-12-22(13-8-19)30-17-20-5-3-2-4-6-20/h2-16,18H,17H2,1H3,(H,26,27)(H2,25,28,29)/b16-9+. The van der Waals surface area contributed by atoms with Crippen LogP contribution in [0.2, 0.25) is 0 Å². The van der Waals surface area contributed by atoms with Gasteiger partial charge in [-0.3, -0.25) is 4.79 Å². The SMILES string of the molecule is CC(NC(=O)/C=C/c1ccc(OCc2ccccc2)cc1)c1ccc(S(N)(=O)=O)cc1. The lowest BCUT2D eigenvalue weighted by Crippen LogP contribution is -2.24. The minimum atomic E-state index is -3.74. The second-order valence-electron chi connectivity index (χ2n) is 7.02. The third-order valence-corrected chi connectivity index (χ3v) is 5.55. The highest BCUT2D eigenvalue weighted by molar-refractivity contribution is 7.89. The quantitative estimate of drug-likeness (QED) is 0.525. The molecule has 3 rings (SSSR count). The Morgan fingerprint density at radius 2 is 1.65 bits per heavy atom. The molecule has 0 saturated carbocycles. The Labute approximate surface area is 182 Å². The number of rotatable bonds is 8. The van der Waals surface area contributed by atoms with Crippen molar-refractivity contribution in [3.05, 3.63) is 102 Å². The second-order valence-corrected chi connectivity index (χ2v) is 8.58. The van der Waals surface area contributed by atoms with Gasteiger partial charge >= 0.3 is 0 Å². The van der Waals surface area contributed by atoms with Crippen LogP contribution in [-0.2, 0) is 21.4 Å². The largest absolute Gasteiger partial charge is 0.489 e. The molecule has 1 atom stereocenters. The molecule has 1 amide bonds. The van der Waals surface area contributed by atoms with Crippen LogP contribution in [0.3, 0.4) is 0 Å². The molecule has 3 aromatic rings. The van der Waals surface area contributed by atoms with Gasteiger partial charge in [-0.05, 0) is 54.0 Å². The van der Waals surface area contributed by atoms with Crippen molar-refractivity contribution < 1.29 is 17.9 Å². The average molecular weight is 437 g/mol. The van der Waals surface area contributed by atoms with E-state index in [1.165, 1.54) is 18.2 Å². The Bertz CT molecular complexity index is 1140. The number of sulfonamides is 1. The van der Waals surface area contributed by atoms with Crippen LogP contribution in [0.25, 0.3) is 6.08 Å². The molecule has 1 unspecified atom stereocenters. The predicted octanol–water partition coefficient (Wildman–Crippen LogP) is 3.80. The van der Waals surface area contributed by atoms with E-state index in [1.54, 1.807) is 18.2 Å². The first-order valence-corrected chi connectivity index (χ1v) is 11.2. The molecule has 0 heterocycles. The first-order chi connectivity index (χ1) is 14.8. The summed E-state index contributed by atoms with van der Waals surface area (Å²) in [6, 6.07) is 23.2. The molecule has 0 saturated heterocycles. The molecular weight excluding hydrogens is 412 g/mol. The van der Waals surface area contributed by atoms with Crippen LogP contribution < -0.4 is 15.2 Å². The number of hydrogen-bond donors (Lipinski definition) is 2. The number of ether oxygens (including phenoxy) is 1. The maximum absolute atomic E-state index is 12.2. The fraction of sp³-hybridized carbons (Fsp3) is 0.125. The third kappa shape index (κ3) is 6.80. The maximum Gasteiger partial charge on any atom is 0.244 e. The molecule has 0 aliphatic carbocycles. The summed E-state index contributed by atoms with van der Waals surface area (Å²) in [7, 11) is -3.74. The number of nitrogens with two attached hydrogens (primary N) is 1. The molecule has 0 radical (unpaired) electrons. The fourth-order valence-electron chi connectivity index (χ4n) is 2.88. The van der Waals surface area contributed by atoms with Gasteiger partial charge in [0.15, 0.2) is 0 Å². The van der Waals surface area contributed by atoms with E-state index >= 15 is 0 Å². The molecule has 7 heteroatoms. The number of amides is 1. The molecule has 3 N–H and O–H groups in total. The Morgan fingerprint density at radius 3 is 2.26 bits per heavy atom. The monoisotopic (exact) mass is 436 g/mol. The number of carbonyl (C=O) groups is 1. The summed E-state index contributed by atoms with van der Waals surface area (Å²) in [5.41, 5.74) is 2.73. The number of nitrogens with one attached hydrogen (secondary N) is 1. The highest BCUT2D eigenvalue weighted by Crippen LogP contribution is 2.17. The van der Waals surface area contributed by atoms with Gasteiger partial charge in [-0.25, -0.2) is 13.6 Å². The first-order valence-electron chi connectivity index (χ1n) is 9.69. The van der Waals surface area contributed by atoms with Crippen LogP contribution in [0.15, 0.2) is 89.8 Å². The van der Waals surface area contributed by atoms with E-state index in [0.717, 1.165) is 22.4 Å². The second kappa shape index (κ2) is 10.1. The molecule has 0 spiro atoms. The van der Waals surface area contributed by atoms with E-state index in [2.05, 4.69) is 5.32 Å². The van der Waals surface area contributed by atoms with E-state index in [0.29, 0.717) is 6.61 Å². The van der Waals surface area contributed by atoms with Crippen molar-refractivity contribution in [3.63, 3.8) is 0 Å². The van der Waals surface area contributed by atoms with Crippen LogP contribution in [0.4, 0.5) is 0 Å². The summed E-state index contributed by atoms with van der Waals surface area (Å²) < 4.78 is 28.4. The van der Waals surface area contributed by atoms with Gasteiger partial charge < -0.3 is 10.1 Å². The molecule has 0 bridgehead atoms. The van der Waals surface area contributed by atoms with Crippen molar-refractivity contribution in [1.82, 2.24) is 5.32 Å². The van der Waals surface area contributed by atoms with Gasteiger partial charge in [-0.1, -0.05) is 54.6 Å². The lowest BCUT2D eigenvalue weighted by molar-refractivity contribution is -0.117. The van der Waals surface area contributed by atoms with E-state index < -0.39 is 10.0 Å². The summed E-state index contributed by atoms with van der Waals surface area (Å²) in [6.45, 7) is 2.31. The molecule has 0 aromatic heterocycles. The summed E-state index contributed by atoms with van der Waals surface area (Å²) in [5.74, 6) is 0.495. The van der Waals surface area contributed by atoms with Crippen molar-refractivity contribution in [1.29, 1.82) is 0 Å². The average Bonchev–Trinajstić information content (AvgIpc) is 2.77. The van der Waals surface area contributed by atoms with Crippen LogP contribution in [0.5, 0.6) is 5.75 Å². The number of hydrogen-bond acceptors (Lipinski definition) is 4. The van der Waals surface area contributed by atoms with Gasteiger partial charge in [-0.15, -0.1) is 0 Å². The van der Waals surface area contributed by atoms with Crippen molar-refractivity contribution in [2.24, 2.45) is 5.14 Å². The van der Waals surface area contributed by atoms with Gasteiger partial charge in [-0.2, -0.15) is 0 Å².